The van der Waals surface area contributed by atoms with E-state index in [-0.39, 0.29) is 17.8 Å². The average molecular weight is 388 g/mol. The highest BCUT2D eigenvalue weighted by Gasteiger charge is 2.39. The van der Waals surface area contributed by atoms with E-state index in [0.717, 1.165) is 11.1 Å². The summed E-state index contributed by atoms with van der Waals surface area (Å²) in [6.45, 7) is 0. The topological polar surface area (TPSA) is 63.4 Å². The summed E-state index contributed by atoms with van der Waals surface area (Å²) in [6, 6.07) is 21.2. The predicted molar refractivity (Wildman–Crippen MR) is 108 cm³/mol. The molecule has 0 heterocycles. The van der Waals surface area contributed by atoms with Crippen molar-refractivity contribution in [3.63, 3.8) is 0 Å². The van der Waals surface area contributed by atoms with Crippen molar-refractivity contribution in [3.05, 3.63) is 107 Å². The quantitative estimate of drug-likeness (QED) is 0.713. The molecule has 2 N–H and O–H groups in total. The van der Waals surface area contributed by atoms with E-state index in [0.29, 0.717) is 24.0 Å². The first-order valence-electron chi connectivity index (χ1n) is 9.56. The summed E-state index contributed by atoms with van der Waals surface area (Å²) in [6.07, 6.45) is 1.24. The first-order chi connectivity index (χ1) is 14.1. The Morgan fingerprint density at radius 2 is 1.62 bits per heavy atom. The number of primary amides is 1. The highest BCUT2D eigenvalue weighted by atomic mass is 19.1. The van der Waals surface area contributed by atoms with Gasteiger partial charge in [0.25, 0.3) is 5.91 Å². The van der Waals surface area contributed by atoms with Crippen molar-refractivity contribution < 1.29 is 14.0 Å². The van der Waals surface area contributed by atoms with Gasteiger partial charge in [-0.1, -0.05) is 54.6 Å². The predicted octanol–water partition coefficient (Wildman–Crippen LogP) is 4.18. The molecule has 1 aliphatic carbocycles. The lowest BCUT2D eigenvalue weighted by Crippen LogP contribution is -2.43. The van der Waals surface area contributed by atoms with Gasteiger partial charge in [-0.15, -0.1) is 0 Å². The van der Waals surface area contributed by atoms with Crippen LogP contribution in [0.5, 0.6) is 0 Å². The van der Waals surface area contributed by atoms with Gasteiger partial charge in [0.1, 0.15) is 11.9 Å². The van der Waals surface area contributed by atoms with E-state index in [9.17, 15) is 14.0 Å². The van der Waals surface area contributed by atoms with Crippen LogP contribution in [0.15, 0.2) is 78.9 Å². The standard InChI is InChI=1S/C24H21FN2O2/c25-19-12-13-20-18(15-19)11-14-21(20)27(24(29)17-9-5-2-6-10-17)22(23(26)28)16-7-3-1-4-8-16/h1-10,12-13,15,21-22H,11,14H2,(H2,26,28)/t21-,22-/m1/s1. The zero-order valence-corrected chi connectivity index (χ0v) is 15.8. The Balaban J connectivity index is 1.84. The molecule has 0 saturated heterocycles. The number of hydrogen-bond acceptors (Lipinski definition) is 2. The summed E-state index contributed by atoms with van der Waals surface area (Å²) in [5, 5.41) is 0. The molecule has 0 unspecified atom stereocenters. The monoisotopic (exact) mass is 388 g/mol. The molecule has 29 heavy (non-hydrogen) atoms. The molecule has 5 heteroatoms. The van der Waals surface area contributed by atoms with E-state index in [4.69, 9.17) is 5.73 Å². The number of rotatable bonds is 5. The van der Waals surface area contributed by atoms with Crippen LogP contribution in [-0.2, 0) is 11.2 Å². The van der Waals surface area contributed by atoms with Crippen molar-refractivity contribution in [2.75, 3.05) is 0 Å². The maximum absolute atomic E-state index is 13.7. The van der Waals surface area contributed by atoms with Crippen molar-refractivity contribution in [1.82, 2.24) is 4.90 Å². The number of fused-ring (bicyclic) bond motifs is 1. The highest BCUT2D eigenvalue weighted by molar-refractivity contribution is 5.98. The number of nitrogens with two attached hydrogens (primary N) is 1. The van der Waals surface area contributed by atoms with Crippen molar-refractivity contribution >= 4 is 11.8 Å². The van der Waals surface area contributed by atoms with Crippen LogP contribution < -0.4 is 5.73 Å². The van der Waals surface area contributed by atoms with E-state index in [2.05, 4.69) is 0 Å². The second-order valence-corrected chi connectivity index (χ2v) is 7.19. The first-order valence-corrected chi connectivity index (χ1v) is 9.56. The van der Waals surface area contributed by atoms with Crippen LogP contribution in [0.1, 0.15) is 45.6 Å². The second kappa shape index (κ2) is 7.87. The highest BCUT2D eigenvalue weighted by Crippen LogP contribution is 2.41. The van der Waals surface area contributed by atoms with Crippen LogP contribution >= 0.6 is 0 Å². The Kier molecular flexibility index (Phi) is 5.12. The number of hydrogen-bond donors (Lipinski definition) is 1. The molecular weight excluding hydrogens is 367 g/mol. The summed E-state index contributed by atoms with van der Waals surface area (Å²) in [5.74, 6) is -1.18. The summed E-state index contributed by atoms with van der Waals surface area (Å²) in [5.41, 5.74) is 8.65. The molecule has 146 valence electrons. The molecule has 2 atom stereocenters. The minimum Gasteiger partial charge on any atom is -0.368 e. The van der Waals surface area contributed by atoms with Gasteiger partial charge < -0.3 is 10.6 Å². The summed E-state index contributed by atoms with van der Waals surface area (Å²) < 4.78 is 13.7. The number of carbonyl (C=O) groups is 2. The lowest BCUT2D eigenvalue weighted by Gasteiger charge is -2.36. The molecule has 0 radical (unpaired) electrons. The van der Waals surface area contributed by atoms with Crippen molar-refractivity contribution in [2.45, 2.75) is 24.9 Å². The van der Waals surface area contributed by atoms with Gasteiger partial charge >= 0.3 is 0 Å². The number of halogens is 1. The fourth-order valence-electron chi connectivity index (χ4n) is 4.12. The normalized spacial score (nSPS) is 16.1. The third kappa shape index (κ3) is 3.63. The molecule has 0 fully saturated rings. The lowest BCUT2D eigenvalue weighted by molar-refractivity contribution is -0.123. The zero-order valence-electron chi connectivity index (χ0n) is 15.8. The molecule has 0 aromatic heterocycles. The van der Waals surface area contributed by atoms with Crippen molar-refractivity contribution in [3.8, 4) is 0 Å². The number of benzene rings is 3. The van der Waals surface area contributed by atoms with E-state index in [1.807, 2.05) is 24.3 Å². The zero-order chi connectivity index (χ0) is 20.4. The first kappa shape index (κ1) is 18.9. The molecule has 2 amide bonds. The summed E-state index contributed by atoms with van der Waals surface area (Å²) in [7, 11) is 0. The van der Waals surface area contributed by atoms with E-state index in [1.54, 1.807) is 47.4 Å². The van der Waals surface area contributed by atoms with E-state index >= 15 is 0 Å². The number of nitrogens with zero attached hydrogens (tertiary/aromatic N) is 1. The Morgan fingerprint density at radius 1 is 0.966 bits per heavy atom. The van der Waals surface area contributed by atoms with Crippen LogP contribution in [0.3, 0.4) is 0 Å². The van der Waals surface area contributed by atoms with Gasteiger partial charge in [-0.2, -0.15) is 0 Å². The fraction of sp³-hybridized carbons (Fsp3) is 0.167. The molecule has 0 bridgehead atoms. The molecule has 0 aliphatic heterocycles. The molecule has 0 saturated carbocycles. The maximum atomic E-state index is 13.7. The van der Waals surface area contributed by atoms with Gasteiger partial charge in [-0.3, -0.25) is 9.59 Å². The third-order valence-corrected chi connectivity index (χ3v) is 5.41. The Morgan fingerprint density at radius 3 is 2.28 bits per heavy atom. The average Bonchev–Trinajstić information content (AvgIpc) is 3.15. The van der Waals surface area contributed by atoms with Gasteiger partial charge in [-0.25, -0.2) is 4.39 Å². The largest absolute Gasteiger partial charge is 0.368 e. The molecular formula is C24H21FN2O2. The number of carbonyl (C=O) groups excluding carboxylic acids is 2. The Labute approximate surface area is 168 Å². The Bertz CT molecular complexity index is 1040. The van der Waals surface area contributed by atoms with Gasteiger partial charge in [-0.05, 0) is 53.8 Å². The molecule has 3 aromatic rings. The molecule has 1 aliphatic rings. The van der Waals surface area contributed by atoms with Crippen LogP contribution in [-0.4, -0.2) is 16.7 Å². The van der Waals surface area contributed by atoms with Crippen molar-refractivity contribution in [1.29, 1.82) is 0 Å². The second-order valence-electron chi connectivity index (χ2n) is 7.19. The minimum atomic E-state index is -0.926. The fourth-order valence-corrected chi connectivity index (χ4v) is 4.12. The van der Waals surface area contributed by atoms with Gasteiger partial charge in [0.15, 0.2) is 0 Å². The molecule has 0 spiro atoms. The number of aryl methyl sites for hydroxylation is 1. The lowest BCUT2D eigenvalue weighted by atomic mass is 9.98. The third-order valence-electron chi connectivity index (χ3n) is 5.41. The van der Waals surface area contributed by atoms with E-state index in [1.165, 1.54) is 12.1 Å². The van der Waals surface area contributed by atoms with Crippen LogP contribution in [0.2, 0.25) is 0 Å². The molecule has 4 rings (SSSR count). The van der Waals surface area contributed by atoms with Crippen LogP contribution in [0.25, 0.3) is 0 Å². The summed E-state index contributed by atoms with van der Waals surface area (Å²) in [4.78, 5) is 27.7. The molecule has 3 aromatic carbocycles. The maximum Gasteiger partial charge on any atom is 0.255 e. The van der Waals surface area contributed by atoms with Crippen LogP contribution in [0, 0.1) is 5.82 Å². The van der Waals surface area contributed by atoms with E-state index < -0.39 is 11.9 Å². The van der Waals surface area contributed by atoms with Crippen molar-refractivity contribution in [2.24, 2.45) is 5.73 Å². The Hall–Kier alpha value is -3.47. The smallest absolute Gasteiger partial charge is 0.255 e. The minimum absolute atomic E-state index is 0.277. The van der Waals surface area contributed by atoms with Gasteiger partial charge in [0.05, 0.1) is 6.04 Å². The number of amides is 2. The summed E-state index contributed by atoms with van der Waals surface area (Å²) >= 11 is 0. The van der Waals surface area contributed by atoms with Gasteiger partial charge in [0.2, 0.25) is 5.91 Å². The molecule has 4 nitrogen and oxygen atoms in total. The SMILES string of the molecule is NC(=O)[C@@H](c1ccccc1)N(C(=O)c1ccccc1)[C@@H]1CCc2cc(F)ccc21. The van der Waals surface area contributed by atoms with Crippen LogP contribution in [0.4, 0.5) is 4.39 Å². The van der Waals surface area contributed by atoms with Gasteiger partial charge in [0, 0.05) is 5.56 Å².